The first-order valence-corrected chi connectivity index (χ1v) is 8.60. The van der Waals surface area contributed by atoms with Gasteiger partial charge in [0.2, 0.25) is 0 Å². The van der Waals surface area contributed by atoms with Crippen molar-refractivity contribution in [3.8, 4) is 5.75 Å². The van der Waals surface area contributed by atoms with E-state index in [2.05, 4.69) is 15.3 Å². The Hall–Kier alpha value is -3.11. The van der Waals surface area contributed by atoms with Crippen LogP contribution in [0.2, 0.25) is 5.02 Å². The molecule has 0 saturated carbocycles. The number of halogens is 1. The maximum absolute atomic E-state index is 10.9. The highest BCUT2D eigenvalue weighted by atomic mass is 35.5. The summed E-state index contributed by atoms with van der Waals surface area (Å²) in [5.74, 6) is 0.820. The number of phenolic OH excluding ortho intramolecular Hbond substituents is 1. The van der Waals surface area contributed by atoms with E-state index in [0.717, 1.165) is 10.9 Å². The van der Waals surface area contributed by atoms with Crippen molar-refractivity contribution in [3.05, 3.63) is 95.3 Å². The number of nitrogens with one attached hydrogen (secondary N) is 1. The van der Waals surface area contributed by atoms with Crippen molar-refractivity contribution < 1.29 is 5.11 Å². The second kappa shape index (κ2) is 7.02. The quantitative estimate of drug-likeness (QED) is 0.525. The lowest BCUT2D eigenvalue weighted by molar-refractivity contribution is 0.471. The average molecular weight is 362 g/mol. The number of hydrogen-bond acceptors (Lipinski definition) is 4. The summed E-state index contributed by atoms with van der Waals surface area (Å²) in [6.07, 6.45) is 3.37. The molecule has 5 heteroatoms. The summed E-state index contributed by atoms with van der Waals surface area (Å²) in [5.41, 5.74) is 2.12. The number of benzene rings is 2. The van der Waals surface area contributed by atoms with Gasteiger partial charge in [-0.05, 0) is 35.9 Å². The van der Waals surface area contributed by atoms with E-state index in [0.29, 0.717) is 21.9 Å². The second-order valence-electron chi connectivity index (χ2n) is 5.90. The molecule has 4 nitrogen and oxygen atoms in total. The molecule has 2 aromatic heterocycles. The molecule has 0 bridgehead atoms. The molecule has 0 aliphatic rings. The first-order valence-electron chi connectivity index (χ1n) is 8.22. The van der Waals surface area contributed by atoms with E-state index in [9.17, 15) is 5.11 Å². The summed E-state index contributed by atoms with van der Waals surface area (Å²) in [6, 6.07) is 20.6. The standard InChI is InChI=1S/C21H16ClN3O/c22-17-13-16(21(26)20-15(17)9-6-12-24-20)19(14-7-2-1-3-8-14)25-18-10-4-5-11-23-18/h1-13,19,26H,(H,23,25)/t19-/m1/s1. The lowest BCUT2D eigenvalue weighted by atomic mass is 9.96. The fraction of sp³-hybridized carbons (Fsp3) is 0.0476. The van der Waals surface area contributed by atoms with Crippen LogP contribution in [0.3, 0.4) is 0 Å². The molecule has 1 atom stereocenters. The Morgan fingerprint density at radius 3 is 2.42 bits per heavy atom. The van der Waals surface area contributed by atoms with Gasteiger partial charge in [-0.1, -0.05) is 48.0 Å². The van der Waals surface area contributed by atoms with Crippen LogP contribution in [0.25, 0.3) is 10.9 Å². The van der Waals surface area contributed by atoms with Crippen LogP contribution in [-0.4, -0.2) is 15.1 Å². The zero-order chi connectivity index (χ0) is 17.9. The number of hydrogen-bond donors (Lipinski definition) is 2. The van der Waals surface area contributed by atoms with E-state index in [4.69, 9.17) is 11.6 Å². The minimum absolute atomic E-state index is 0.113. The molecule has 2 aromatic carbocycles. The highest BCUT2D eigenvalue weighted by molar-refractivity contribution is 6.35. The molecule has 2 heterocycles. The van der Waals surface area contributed by atoms with Crippen LogP contribution >= 0.6 is 11.6 Å². The molecule has 4 aromatic rings. The van der Waals surface area contributed by atoms with Gasteiger partial charge in [-0.15, -0.1) is 0 Å². The lowest BCUT2D eigenvalue weighted by Crippen LogP contribution is -2.13. The largest absolute Gasteiger partial charge is 0.505 e. The number of fused-ring (bicyclic) bond motifs is 1. The predicted octanol–water partition coefficient (Wildman–Crippen LogP) is 5.19. The van der Waals surface area contributed by atoms with Gasteiger partial charge in [0.1, 0.15) is 17.1 Å². The first-order chi connectivity index (χ1) is 12.7. The molecule has 2 N–H and O–H groups in total. The predicted molar refractivity (Wildman–Crippen MR) is 105 cm³/mol. The average Bonchev–Trinajstić information content (AvgIpc) is 2.71. The maximum Gasteiger partial charge on any atom is 0.147 e. The minimum atomic E-state index is -0.324. The Balaban J connectivity index is 1.89. The number of anilines is 1. The van der Waals surface area contributed by atoms with Gasteiger partial charge in [-0.2, -0.15) is 0 Å². The summed E-state index contributed by atoms with van der Waals surface area (Å²) in [5, 5.41) is 15.6. The van der Waals surface area contributed by atoms with E-state index >= 15 is 0 Å². The van der Waals surface area contributed by atoms with Crippen LogP contribution in [0, 0.1) is 0 Å². The van der Waals surface area contributed by atoms with Crippen LogP contribution in [0.1, 0.15) is 17.2 Å². The summed E-state index contributed by atoms with van der Waals surface area (Å²) >= 11 is 6.47. The third kappa shape index (κ3) is 3.07. The summed E-state index contributed by atoms with van der Waals surface area (Å²) in [6.45, 7) is 0. The second-order valence-corrected chi connectivity index (χ2v) is 6.31. The SMILES string of the molecule is Oc1c([C@H](Nc2ccccn2)c2ccccc2)cc(Cl)c2cccnc12. The smallest absolute Gasteiger partial charge is 0.147 e. The number of pyridine rings is 2. The van der Waals surface area contributed by atoms with E-state index in [1.54, 1.807) is 24.5 Å². The molecule has 0 saturated heterocycles. The Bertz CT molecular complexity index is 1040. The molecular formula is C21H16ClN3O. The minimum Gasteiger partial charge on any atom is -0.505 e. The first kappa shape index (κ1) is 16.4. The third-order valence-corrected chi connectivity index (χ3v) is 4.56. The number of nitrogens with zero attached hydrogens (tertiary/aromatic N) is 2. The van der Waals surface area contributed by atoms with Crippen molar-refractivity contribution in [1.29, 1.82) is 0 Å². The van der Waals surface area contributed by atoms with E-state index in [1.165, 1.54) is 0 Å². The number of aromatic hydroxyl groups is 1. The van der Waals surface area contributed by atoms with Gasteiger partial charge in [-0.3, -0.25) is 4.98 Å². The van der Waals surface area contributed by atoms with Gasteiger partial charge in [0.05, 0.1) is 11.1 Å². The number of aromatic nitrogens is 2. The topological polar surface area (TPSA) is 58.0 Å². The van der Waals surface area contributed by atoms with E-state index in [-0.39, 0.29) is 11.8 Å². The van der Waals surface area contributed by atoms with Crippen LogP contribution in [0.15, 0.2) is 79.1 Å². The molecule has 0 radical (unpaired) electrons. The molecule has 26 heavy (non-hydrogen) atoms. The van der Waals surface area contributed by atoms with E-state index < -0.39 is 0 Å². The van der Waals surface area contributed by atoms with Crippen molar-refractivity contribution in [2.24, 2.45) is 0 Å². The van der Waals surface area contributed by atoms with Gasteiger partial charge in [-0.25, -0.2) is 4.98 Å². The number of rotatable bonds is 4. The molecular weight excluding hydrogens is 346 g/mol. The van der Waals surface area contributed by atoms with E-state index in [1.807, 2.05) is 54.6 Å². The summed E-state index contributed by atoms with van der Waals surface area (Å²) < 4.78 is 0. The Morgan fingerprint density at radius 2 is 1.65 bits per heavy atom. The Labute approximate surface area is 156 Å². The zero-order valence-electron chi connectivity index (χ0n) is 13.8. The van der Waals surface area contributed by atoms with Crippen molar-refractivity contribution in [3.63, 3.8) is 0 Å². The molecule has 128 valence electrons. The van der Waals surface area contributed by atoms with Crippen molar-refractivity contribution in [2.75, 3.05) is 5.32 Å². The molecule has 4 rings (SSSR count). The molecule has 0 aliphatic heterocycles. The highest BCUT2D eigenvalue weighted by Crippen LogP contribution is 2.39. The van der Waals surface area contributed by atoms with Crippen molar-refractivity contribution >= 4 is 28.3 Å². The highest BCUT2D eigenvalue weighted by Gasteiger charge is 2.21. The van der Waals surface area contributed by atoms with Gasteiger partial charge in [0.15, 0.2) is 0 Å². The fourth-order valence-electron chi connectivity index (χ4n) is 3.01. The third-order valence-electron chi connectivity index (χ3n) is 4.25. The van der Waals surface area contributed by atoms with Gasteiger partial charge in [0.25, 0.3) is 0 Å². The summed E-state index contributed by atoms with van der Waals surface area (Å²) in [7, 11) is 0. The van der Waals surface area contributed by atoms with Crippen LogP contribution in [-0.2, 0) is 0 Å². The van der Waals surface area contributed by atoms with Gasteiger partial charge in [0, 0.05) is 23.3 Å². The van der Waals surface area contributed by atoms with Crippen molar-refractivity contribution in [1.82, 2.24) is 9.97 Å². The van der Waals surface area contributed by atoms with Crippen LogP contribution < -0.4 is 5.32 Å². The van der Waals surface area contributed by atoms with Crippen LogP contribution in [0.4, 0.5) is 5.82 Å². The normalized spacial score (nSPS) is 12.0. The molecule has 0 fully saturated rings. The summed E-state index contributed by atoms with van der Waals surface area (Å²) in [4.78, 5) is 8.65. The van der Waals surface area contributed by atoms with Crippen molar-refractivity contribution in [2.45, 2.75) is 6.04 Å². The fourth-order valence-corrected chi connectivity index (χ4v) is 3.28. The monoisotopic (exact) mass is 361 g/mol. The Kier molecular flexibility index (Phi) is 4.42. The lowest BCUT2D eigenvalue weighted by Gasteiger charge is -2.22. The van der Waals surface area contributed by atoms with Gasteiger partial charge < -0.3 is 10.4 Å². The Morgan fingerprint density at radius 1 is 0.885 bits per heavy atom. The maximum atomic E-state index is 10.9. The van der Waals surface area contributed by atoms with Gasteiger partial charge >= 0.3 is 0 Å². The molecule has 0 amide bonds. The number of phenols is 1. The zero-order valence-corrected chi connectivity index (χ0v) is 14.6. The van der Waals surface area contributed by atoms with Crippen LogP contribution in [0.5, 0.6) is 5.75 Å². The molecule has 0 aliphatic carbocycles. The molecule has 0 unspecified atom stereocenters. The molecule has 0 spiro atoms.